The molecule has 7 nitrogen and oxygen atoms in total. The van der Waals surface area contributed by atoms with Crippen molar-refractivity contribution in [3.63, 3.8) is 0 Å². The van der Waals surface area contributed by atoms with Crippen LogP contribution < -0.4 is 0 Å². The fourth-order valence-electron chi connectivity index (χ4n) is 2.71. The fraction of sp³-hybridized carbons (Fsp3) is 0.789. The van der Waals surface area contributed by atoms with E-state index in [-0.39, 0.29) is 30.1 Å². The molecule has 1 heterocycles. The van der Waals surface area contributed by atoms with Crippen molar-refractivity contribution in [1.82, 2.24) is 4.90 Å². The van der Waals surface area contributed by atoms with Gasteiger partial charge < -0.3 is 9.47 Å². The van der Waals surface area contributed by atoms with Crippen molar-refractivity contribution in [3.05, 3.63) is 12.2 Å². The van der Waals surface area contributed by atoms with Crippen LogP contribution >= 0.6 is 0 Å². The van der Waals surface area contributed by atoms with Crippen LogP contribution in [0, 0.1) is 0 Å². The van der Waals surface area contributed by atoms with E-state index in [1.807, 2.05) is 4.90 Å². The minimum atomic E-state index is -2.91. The normalized spacial score (nSPS) is 16.6. The summed E-state index contributed by atoms with van der Waals surface area (Å²) < 4.78 is 32.9. The summed E-state index contributed by atoms with van der Waals surface area (Å²) in [5.74, 6) is -0.807. The highest BCUT2D eigenvalue weighted by atomic mass is 32.2. The lowest BCUT2D eigenvalue weighted by molar-refractivity contribution is -0.146. The van der Waals surface area contributed by atoms with Gasteiger partial charge in [-0.3, -0.25) is 9.69 Å². The van der Waals surface area contributed by atoms with Gasteiger partial charge in [-0.05, 0) is 6.42 Å². The SMILES string of the molecule is C=C(CC(=O)OCCCCCCCC)C(=O)OCCN1CCS(=O)(=O)CC1. The smallest absolute Gasteiger partial charge is 0.334 e. The zero-order valence-corrected chi connectivity index (χ0v) is 17.2. The Balaban J connectivity index is 2.08. The van der Waals surface area contributed by atoms with Crippen LogP contribution in [0.2, 0.25) is 0 Å². The Hall–Kier alpha value is -1.41. The Labute approximate surface area is 163 Å². The monoisotopic (exact) mass is 403 g/mol. The van der Waals surface area contributed by atoms with E-state index >= 15 is 0 Å². The van der Waals surface area contributed by atoms with E-state index in [2.05, 4.69) is 13.5 Å². The van der Waals surface area contributed by atoms with Gasteiger partial charge in [0.1, 0.15) is 6.61 Å². The summed E-state index contributed by atoms with van der Waals surface area (Å²) in [6.07, 6.45) is 6.49. The van der Waals surface area contributed by atoms with E-state index in [1.54, 1.807) is 0 Å². The molecule has 8 heteroatoms. The maximum atomic E-state index is 11.9. The molecule has 27 heavy (non-hydrogen) atoms. The van der Waals surface area contributed by atoms with Crippen LogP contribution in [0.25, 0.3) is 0 Å². The Morgan fingerprint density at radius 3 is 2.26 bits per heavy atom. The van der Waals surface area contributed by atoms with Gasteiger partial charge in [0.25, 0.3) is 0 Å². The molecule has 1 saturated heterocycles. The van der Waals surface area contributed by atoms with Gasteiger partial charge in [0.15, 0.2) is 9.84 Å². The molecule has 0 N–H and O–H groups in total. The van der Waals surface area contributed by atoms with Crippen molar-refractivity contribution >= 4 is 21.8 Å². The highest BCUT2D eigenvalue weighted by Gasteiger charge is 2.21. The first kappa shape index (κ1) is 23.6. The largest absolute Gasteiger partial charge is 0.465 e. The number of hydrogen-bond donors (Lipinski definition) is 0. The highest BCUT2D eigenvalue weighted by molar-refractivity contribution is 7.91. The van der Waals surface area contributed by atoms with Crippen LogP contribution in [-0.4, -0.2) is 69.6 Å². The summed E-state index contributed by atoms with van der Waals surface area (Å²) in [4.78, 5) is 25.5. The van der Waals surface area contributed by atoms with Crippen molar-refractivity contribution in [1.29, 1.82) is 0 Å². The zero-order chi connectivity index (χ0) is 20.1. The molecule has 156 valence electrons. The van der Waals surface area contributed by atoms with Gasteiger partial charge in [-0.1, -0.05) is 45.6 Å². The Bertz CT molecular complexity index is 573. The number of hydrogen-bond acceptors (Lipinski definition) is 7. The molecule has 0 bridgehead atoms. The van der Waals surface area contributed by atoms with Crippen LogP contribution in [0.5, 0.6) is 0 Å². The second kappa shape index (κ2) is 12.9. The maximum absolute atomic E-state index is 11.9. The Morgan fingerprint density at radius 1 is 0.963 bits per heavy atom. The molecule has 0 aromatic rings. The van der Waals surface area contributed by atoms with Gasteiger partial charge in [-0.25, -0.2) is 13.2 Å². The maximum Gasteiger partial charge on any atom is 0.334 e. The Kier molecular flexibility index (Phi) is 11.3. The van der Waals surface area contributed by atoms with Gasteiger partial charge >= 0.3 is 11.9 Å². The highest BCUT2D eigenvalue weighted by Crippen LogP contribution is 2.08. The van der Waals surface area contributed by atoms with Crippen molar-refractivity contribution < 1.29 is 27.5 Å². The average molecular weight is 404 g/mol. The second-order valence-corrected chi connectivity index (χ2v) is 9.20. The molecule has 0 aliphatic carbocycles. The van der Waals surface area contributed by atoms with E-state index < -0.39 is 21.8 Å². The molecule has 0 aromatic carbocycles. The molecular weight excluding hydrogens is 370 g/mol. The van der Waals surface area contributed by atoms with Crippen LogP contribution in [-0.2, 0) is 28.9 Å². The minimum Gasteiger partial charge on any atom is -0.465 e. The van der Waals surface area contributed by atoms with Crippen molar-refractivity contribution in [3.8, 4) is 0 Å². The molecule has 1 rings (SSSR count). The van der Waals surface area contributed by atoms with Crippen molar-refractivity contribution in [2.45, 2.75) is 51.9 Å². The molecular formula is C19H33NO6S. The van der Waals surface area contributed by atoms with Crippen molar-refractivity contribution in [2.24, 2.45) is 0 Å². The number of unbranched alkanes of at least 4 members (excludes halogenated alkanes) is 5. The standard InChI is InChI=1S/C19H33NO6S/c1-3-4-5-6-7-8-12-25-18(21)16-17(2)19(22)26-13-9-20-10-14-27(23,24)15-11-20/h2-16H2,1H3. The third kappa shape index (κ3) is 11.1. The van der Waals surface area contributed by atoms with Crippen LogP contribution in [0.1, 0.15) is 51.9 Å². The van der Waals surface area contributed by atoms with E-state index in [1.165, 1.54) is 19.3 Å². The Morgan fingerprint density at radius 2 is 1.59 bits per heavy atom. The van der Waals surface area contributed by atoms with Crippen LogP contribution in [0.3, 0.4) is 0 Å². The summed E-state index contributed by atoms with van der Waals surface area (Å²) in [6.45, 7) is 7.63. The van der Waals surface area contributed by atoms with E-state index in [0.717, 1.165) is 19.3 Å². The molecule has 0 atom stereocenters. The molecule has 0 radical (unpaired) electrons. The summed E-state index contributed by atoms with van der Waals surface area (Å²) in [5.41, 5.74) is 0.0733. The molecule has 1 aliphatic rings. The number of carbonyl (C=O) groups is 2. The minimum absolute atomic E-state index is 0.0733. The van der Waals surface area contributed by atoms with Crippen LogP contribution in [0.15, 0.2) is 12.2 Å². The molecule has 0 spiro atoms. The van der Waals surface area contributed by atoms with E-state index in [4.69, 9.17) is 9.47 Å². The lowest BCUT2D eigenvalue weighted by atomic mass is 10.1. The number of sulfone groups is 1. The summed E-state index contributed by atoms with van der Waals surface area (Å²) in [6, 6.07) is 0. The number of rotatable bonds is 13. The summed E-state index contributed by atoms with van der Waals surface area (Å²) in [7, 11) is -2.91. The third-order valence-electron chi connectivity index (χ3n) is 4.49. The molecule has 0 amide bonds. The lowest BCUT2D eigenvalue weighted by Gasteiger charge is -2.26. The molecule has 0 unspecified atom stereocenters. The molecule has 1 aliphatic heterocycles. The predicted molar refractivity (Wildman–Crippen MR) is 104 cm³/mol. The first-order valence-corrected chi connectivity index (χ1v) is 11.6. The molecule has 0 saturated carbocycles. The molecule has 0 aromatic heterocycles. The third-order valence-corrected chi connectivity index (χ3v) is 6.09. The van der Waals surface area contributed by atoms with E-state index in [0.29, 0.717) is 26.2 Å². The van der Waals surface area contributed by atoms with Crippen LogP contribution in [0.4, 0.5) is 0 Å². The first-order valence-electron chi connectivity index (χ1n) is 9.77. The summed E-state index contributed by atoms with van der Waals surface area (Å²) in [5, 5.41) is 0. The quantitative estimate of drug-likeness (QED) is 0.264. The number of esters is 2. The molecule has 1 fully saturated rings. The van der Waals surface area contributed by atoms with Gasteiger partial charge in [-0.2, -0.15) is 0 Å². The average Bonchev–Trinajstić information content (AvgIpc) is 2.62. The zero-order valence-electron chi connectivity index (χ0n) is 16.4. The van der Waals surface area contributed by atoms with Gasteiger partial charge in [0.05, 0.1) is 24.5 Å². The lowest BCUT2D eigenvalue weighted by Crippen LogP contribution is -2.41. The first-order chi connectivity index (χ1) is 12.8. The number of ether oxygens (including phenoxy) is 2. The second-order valence-electron chi connectivity index (χ2n) is 6.90. The summed E-state index contributed by atoms with van der Waals surface area (Å²) >= 11 is 0. The number of carbonyl (C=O) groups excluding carboxylic acids is 2. The van der Waals surface area contributed by atoms with Gasteiger partial charge in [0.2, 0.25) is 0 Å². The topological polar surface area (TPSA) is 90.0 Å². The van der Waals surface area contributed by atoms with Gasteiger partial charge in [0, 0.05) is 25.2 Å². The number of nitrogens with zero attached hydrogens (tertiary/aromatic N) is 1. The van der Waals surface area contributed by atoms with E-state index in [9.17, 15) is 18.0 Å². The predicted octanol–water partition coefficient (Wildman–Crippen LogP) is 2.11. The fourth-order valence-corrected chi connectivity index (χ4v) is 3.99. The van der Waals surface area contributed by atoms with Gasteiger partial charge in [-0.15, -0.1) is 0 Å². The van der Waals surface area contributed by atoms with Crippen molar-refractivity contribution in [2.75, 3.05) is 44.4 Å².